The lowest BCUT2D eigenvalue weighted by molar-refractivity contribution is 0.217. The van der Waals surface area contributed by atoms with E-state index in [-0.39, 0.29) is 6.10 Å². The molecule has 130 valence electrons. The van der Waals surface area contributed by atoms with Crippen LogP contribution in [0.2, 0.25) is 10.0 Å². The smallest absolute Gasteiger partial charge is 0.162 e. The van der Waals surface area contributed by atoms with E-state index < -0.39 is 0 Å². The first-order valence-corrected chi connectivity index (χ1v) is 8.32. The van der Waals surface area contributed by atoms with Crippen molar-refractivity contribution in [2.75, 3.05) is 20.8 Å². The summed E-state index contributed by atoms with van der Waals surface area (Å²) in [6.07, 6.45) is 0.00472. The number of nitrogens with one attached hydrogen (secondary N) is 1. The van der Waals surface area contributed by atoms with Crippen LogP contribution in [0.5, 0.6) is 17.2 Å². The molecular weight excluding hydrogens is 349 g/mol. The monoisotopic (exact) mass is 369 g/mol. The van der Waals surface area contributed by atoms with E-state index >= 15 is 0 Å². The van der Waals surface area contributed by atoms with Crippen molar-refractivity contribution in [3.05, 3.63) is 52.0 Å². The highest BCUT2D eigenvalue weighted by molar-refractivity contribution is 6.31. The summed E-state index contributed by atoms with van der Waals surface area (Å²) in [6.45, 7) is 3.28. The predicted molar refractivity (Wildman–Crippen MR) is 97.8 cm³/mol. The molecule has 0 fully saturated rings. The minimum absolute atomic E-state index is 0.00472. The van der Waals surface area contributed by atoms with Crippen LogP contribution < -0.4 is 19.5 Å². The molecule has 2 rings (SSSR count). The van der Waals surface area contributed by atoms with Crippen molar-refractivity contribution in [3.63, 3.8) is 0 Å². The van der Waals surface area contributed by atoms with Crippen molar-refractivity contribution >= 4 is 23.2 Å². The maximum Gasteiger partial charge on any atom is 0.162 e. The molecule has 0 spiro atoms. The van der Waals surface area contributed by atoms with Gasteiger partial charge in [0.25, 0.3) is 0 Å². The second-order valence-corrected chi connectivity index (χ2v) is 6.16. The maximum absolute atomic E-state index is 6.28. The van der Waals surface area contributed by atoms with Crippen molar-refractivity contribution in [2.45, 2.75) is 19.6 Å². The van der Waals surface area contributed by atoms with Gasteiger partial charge in [-0.2, -0.15) is 0 Å². The largest absolute Gasteiger partial charge is 0.493 e. The highest BCUT2D eigenvalue weighted by atomic mass is 35.5. The van der Waals surface area contributed by atoms with Crippen LogP contribution in [0.4, 0.5) is 0 Å². The maximum atomic E-state index is 6.28. The van der Waals surface area contributed by atoms with Gasteiger partial charge in [-0.1, -0.05) is 23.2 Å². The molecular formula is C18H21Cl2NO3. The lowest BCUT2D eigenvalue weighted by Crippen LogP contribution is -2.28. The third kappa shape index (κ3) is 5.20. The van der Waals surface area contributed by atoms with E-state index in [0.29, 0.717) is 34.6 Å². The minimum Gasteiger partial charge on any atom is -0.493 e. The highest BCUT2D eigenvalue weighted by Crippen LogP contribution is 2.32. The molecule has 6 heteroatoms. The van der Waals surface area contributed by atoms with E-state index in [9.17, 15) is 0 Å². The van der Waals surface area contributed by atoms with Crippen LogP contribution in [0.3, 0.4) is 0 Å². The van der Waals surface area contributed by atoms with Gasteiger partial charge in [0.15, 0.2) is 11.5 Å². The second-order valence-electron chi connectivity index (χ2n) is 5.31. The summed E-state index contributed by atoms with van der Waals surface area (Å²) in [5, 5.41) is 4.65. The van der Waals surface area contributed by atoms with Gasteiger partial charge in [-0.05, 0) is 42.8 Å². The first kappa shape index (κ1) is 18.7. The number of hydrogen-bond acceptors (Lipinski definition) is 4. The zero-order valence-corrected chi connectivity index (χ0v) is 15.4. The molecule has 0 saturated heterocycles. The Morgan fingerprint density at radius 1 is 1.00 bits per heavy atom. The van der Waals surface area contributed by atoms with Gasteiger partial charge in [-0.25, -0.2) is 0 Å². The summed E-state index contributed by atoms with van der Waals surface area (Å²) >= 11 is 12.1. The summed E-state index contributed by atoms with van der Waals surface area (Å²) in [7, 11) is 3.19. The fourth-order valence-electron chi connectivity index (χ4n) is 2.23. The van der Waals surface area contributed by atoms with Gasteiger partial charge in [0.1, 0.15) is 11.9 Å². The fourth-order valence-corrected chi connectivity index (χ4v) is 2.58. The van der Waals surface area contributed by atoms with Crippen LogP contribution in [0.25, 0.3) is 0 Å². The molecule has 0 heterocycles. The highest BCUT2D eigenvalue weighted by Gasteiger charge is 2.10. The van der Waals surface area contributed by atoms with Crippen molar-refractivity contribution in [1.29, 1.82) is 0 Å². The Morgan fingerprint density at radius 2 is 1.62 bits per heavy atom. The number of rotatable bonds is 8. The van der Waals surface area contributed by atoms with Crippen LogP contribution in [0, 0.1) is 0 Å². The third-order valence-corrected chi connectivity index (χ3v) is 4.05. The van der Waals surface area contributed by atoms with Crippen LogP contribution in [0.15, 0.2) is 36.4 Å². The van der Waals surface area contributed by atoms with Crippen LogP contribution in [-0.4, -0.2) is 26.9 Å². The van der Waals surface area contributed by atoms with Gasteiger partial charge in [-0.15, -0.1) is 0 Å². The molecule has 2 aromatic carbocycles. The Kier molecular flexibility index (Phi) is 7.03. The standard InChI is InChI=1S/C18H21Cl2NO3/c1-12(24-15-6-4-14(19)5-7-15)10-21-11-13-8-17(22-2)18(23-3)9-16(13)20/h4-9,12,21H,10-11H2,1-3H3. The summed E-state index contributed by atoms with van der Waals surface area (Å²) in [6, 6.07) is 10.9. The average molecular weight is 370 g/mol. The van der Waals surface area contributed by atoms with Crippen LogP contribution in [0.1, 0.15) is 12.5 Å². The molecule has 1 N–H and O–H groups in total. The van der Waals surface area contributed by atoms with E-state index in [0.717, 1.165) is 11.3 Å². The van der Waals surface area contributed by atoms with Gasteiger partial charge >= 0.3 is 0 Å². The summed E-state index contributed by atoms with van der Waals surface area (Å²) < 4.78 is 16.4. The average Bonchev–Trinajstić information content (AvgIpc) is 2.58. The van der Waals surface area contributed by atoms with Crippen molar-refractivity contribution in [3.8, 4) is 17.2 Å². The molecule has 0 bridgehead atoms. The molecule has 24 heavy (non-hydrogen) atoms. The Bertz CT molecular complexity index is 662. The summed E-state index contributed by atoms with van der Waals surface area (Å²) in [5.74, 6) is 2.06. The first-order valence-electron chi connectivity index (χ1n) is 7.56. The van der Waals surface area contributed by atoms with Gasteiger partial charge in [0.05, 0.1) is 14.2 Å². The Hall–Kier alpha value is -1.62. The normalized spacial score (nSPS) is 11.9. The van der Waals surface area contributed by atoms with E-state index in [1.165, 1.54) is 0 Å². The van der Waals surface area contributed by atoms with Crippen molar-refractivity contribution in [2.24, 2.45) is 0 Å². The number of benzene rings is 2. The quantitative estimate of drug-likeness (QED) is 0.739. The Morgan fingerprint density at radius 3 is 2.25 bits per heavy atom. The molecule has 0 amide bonds. The number of ether oxygens (including phenoxy) is 3. The van der Waals surface area contributed by atoms with Crippen LogP contribution in [-0.2, 0) is 6.54 Å². The second kappa shape index (κ2) is 9.02. The fraction of sp³-hybridized carbons (Fsp3) is 0.333. The molecule has 0 saturated carbocycles. The summed E-state index contributed by atoms with van der Waals surface area (Å²) in [5.41, 5.74) is 0.938. The van der Waals surface area contributed by atoms with Crippen LogP contribution >= 0.6 is 23.2 Å². The molecule has 0 aliphatic carbocycles. The zero-order chi connectivity index (χ0) is 17.5. The van der Waals surface area contributed by atoms with E-state index in [1.807, 2.05) is 25.1 Å². The molecule has 0 aliphatic heterocycles. The Balaban J connectivity index is 1.88. The topological polar surface area (TPSA) is 39.7 Å². The molecule has 1 atom stereocenters. The Labute approximate surface area is 152 Å². The minimum atomic E-state index is 0.00472. The van der Waals surface area contributed by atoms with E-state index in [1.54, 1.807) is 32.4 Å². The molecule has 1 unspecified atom stereocenters. The first-order chi connectivity index (χ1) is 11.5. The summed E-state index contributed by atoms with van der Waals surface area (Å²) in [4.78, 5) is 0. The molecule has 0 radical (unpaired) electrons. The molecule has 4 nitrogen and oxygen atoms in total. The predicted octanol–water partition coefficient (Wildman–Crippen LogP) is 4.57. The van der Waals surface area contributed by atoms with Gasteiger partial charge in [0.2, 0.25) is 0 Å². The van der Waals surface area contributed by atoms with Gasteiger partial charge < -0.3 is 19.5 Å². The van der Waals surface area contributed by atoms with E-state index in [2.05, 4.69) is 5.32 Å². The number of methoxy groups -OCH3 is 2. The van der Waals surface area contributed by atoms with E-state index in [4.69, 9.17) is 37.4 Å². The molecule has 0 aliphatic rings. The molecule has 0 aromatic heterocycles. The lowest BCUT2D eigenvalue weighted by atomic mass is 10.2. The number of hydrogen-bond donors (Lipinski definition) is 1. The number of halogens is 2. The van der Waals surface area contributed by atoms with Crippen molar-refractivity contribution < 1.29 is 14.2 Å². The zero-order valence-electron chi connectivity index (χ0n) is 13.9. The van der Waals surface area contributed by atoms with Crippen molar-refractivity contribution in [1.82, 2.24) is 5.32 Å². The van der Waals surface area contributed by atoms with Gasteiger partial charge in [-0.3, -0.25) is 0 Å². The van der Waals surface area contributed by atoms with Gasteiger partial charge in [0, 0.05) is 29.2 Å². The lowest BCUT2D eigenvalue weighted by Gasteiger charge is -2.16. The SMILES string of the molecule is COc1cc(Cl)c(CNCC(C)Oc2ccc(Cl)cc2)cc1OC. The molecule has 2 aromatic rings. The third-order valence-electron chi connectivity index (χ3n) is 3.45.